The Morgan fingerprint density at radius 3 is 2.25 bits per heavy atom. The highest BCUT2D eigenvalue weighted by Gasteiger charge is 2.62. The number of fused-ring (bicyclic) bond motifs is 5. The second-order valence-electron chi connectivity index (χ2n) is 10.0. The zero-order valence-electron chi connectivity index (χ0n) is 15.5. The van der Waals surface area contributed by atoms with E-state index in [2.05, 4.69) is 13.8 Å². The summed E-state index contributed by atoms with van der Waals surface area (Å²) < 4.78 is 0. The van der Waals surface area contributed by atoms with Crippen molar-refractivity contribution in [3.63, 3.8) is 0 Å². The van der Waals surface area contributed by atoms with E-state index in [1.165, 1.54) is 12.8 Å². The number of aliphatic hydroxyl groups excluding tert-OH is 2. The van der Waals surface area contributed by atoms with Crippen molar-refractivity contribution in [2.45, 2.75) is 84.3 Å². The first-order valence-electron chi connectivity index (χ1n) is 10.1. The van der Waals surface area contributed by atoms with Gasteiger partial charge < -0.3 is 10.2 Å². The van der Waals surface area contributed by atoms with E-state index in [0.29, 0.717) is 23.5 Å². The molecule has 0 aromatic heterocycles. The summed E-state index contributed by atoms with van der Waals surface area (Å²) >= 11 is 0. The minimum absolute atomic E-state index is 0.157. The van der Waals surface area contributed by atoms with Crippen LogP contribution in [0.3, 0.4) is 0 Å². The summed E-state index contributed by atoms with van der Waals surface area (Å²) in [6.45, 7) is 6.53. The molecule has 0 bridgehead atoms. The molecule has 3 nitrogen and oxygen atoms in total. The quantitative estimate of drug-likeness (QED) is 0.771. The second-order valence-corrected chi connectivity index (χ2v) is 10.0. The number of carbonyl (C=O) groups excluding carboxylic acids is 1. The Morgan fingerprint density at radius 2 is 1.54 bits per heavy atom. The van der Waals surface area contributed by atoms with Crippen molar-refractivity contribution in [3.8, 4) is 0 Å². The summed E-state index contributed by atoms with van der Waals surface area (Å²) in [6.07, 6.45) is 7.70. The van der Waals surface area contributed by atoms with Gasteiger partial charge in [-0.05, 0) is 92.8 Å². The summed E-state index contributed by atoms with van der Waals surface area (Å²) in [6, 6.07) is 0. The molecule has 4 aliphatic carbocycles. The lowest BCUT2D eigenvalue weighted by Gasteiger charge is -2.62. The van der Waals surface area contributed by atoms with Crippen LogP contribution in [0, 0.1) is 40.4 Å². The lowest BCUT2D eigenvalue weighted by atomic mass is 9.44. The molecule has 0 radical (unpaired) electrons. The Labute approximate surface area is 146 Å². The predicted octanol–water partition coefficient (Wildman–Crippen LogP) is 3.57. The zero-order chi connectivity index (χ0) is 17.3. The molecule has 0 saturated heterocycles. The molecule has 0 unspecified atom stereocenters. The van der Waals surface area contributed by atoms with Gasteiger partial charge in [-0.25, -0.2) is 0 Å². The molecule has 4 rings (SSSR count). The van der Waals surface area contributed by atoms with Gasteiger partial charge in [0.2, 0.25) is 0 Å². The Hall–Kier alpha value is -0.410. The Bertz CT molecular complexity index is 531. The largest absolute Gasteiger partial charge is 0.393 e. The van der Waals surface area contributed by atoms with Crippen LogP contribution in [0.1, 0.15) is 72.1 Å². The van der Waals surface area contributed by atoms with E-state index in [-0.39, 0.29) is 34.9 Å². The summed E-state index contributed by atoms with van der Waals surface area (Å²) in [4.78, 5) is 12.2. The first-order valence-corrected chi connectivity index (χ1v) is 10.1. The molecule has 2 N–H and O–H groups in total. The second kappa shape index (κ2) is 5.54. The minimum Gasteiger partial charge on any atom is -0.393 e. The average molecular weight is 335 g/mol. The van der Waals surface area contributed by atoms with E-state index in [9.17, 15) is 15.0 Å². The van der Waals surface area contributed by atoms with Gasteiger partial charge in [-0.3, -0.25) is 4.79 Å². The molecular weight excluding hydrogens is 300 g/mol. The number of hydrogen-bond acceptors (Lipinski definition) is 3. The standard InChI is InChI=1S/C21H34O3/c1-12(22)15-4-5-16-14-11-19(24)18-10-13(23)6-8-21(18,3)17(14)7-9-20(15,16)2/h13-19,23-24H,4-11H2,1-3H3/t13-,14+,15-,16+,17+,18+,19-,20+,21+/m0/s1. The molecule has 24 heavy (non-hydrogen) atoms. The maximum atomic E-state index is 12.2. The van der Waals surface area contributed by atoms with Crippen molar-refractivity contribution in [1.29, 1.82) is 0 Å². The van der Waals surface area contributed by atoms with Gasteiger partial charge in [0, 0.05) is 5.92 Å². The molecule has 136 valence electrons. The van der Waals surface area contributed by atoms with Gasteiger partial charge in [0.25, 0.3) is 0 Å². The number of ketones is 1. The van der Waals surface area contributed by atoms with E-state index in [1.54, 1.807) is 6.92 Å². The van der Waals surface area contributed by atoms with Gasteiger partial charge in [-0.2, -0.15) is 0 Å². The van der Waals surface area contributed by atoms with Crippen LogP contribution in [0.2, 0.25) is 0 Å². The third-order valence-corrected chi connectivity index (χ3v) is 9.14. The monoisotopic (exact) mass is 334 g/mol. The highest BCUT2D eigenvalue weighted by molar-refractivity contribution is 5.79. The molecule has 0 aromatic carbocycles. The van der Waals surface area contributed by atoms with Crippen molar-refractivity contribution >= 4 is 5.78 Å². The van der Waals surface area contributed by atoms with Crippen molar-refractivity contribution < 1.29 is 15.0 Å². The van der Waals surface area contributed by atoms with Crippen LogP contribution in [0.15, 0.2) is 0 Å². The molecule has 4 aliphatic rings. The van der Waals surface area contributed by atoms with E-state index in [0.717, 1.165) is 38.5 Å². The fourth-order valence-corrected chi connectivity index (χ4v) is 7.95. The van der Waals surface area contributed by atoms with Crippen LogP contribution in [0.5, 0.6) is 0 Å². The zero-order valence-corrected chi connectivity index (χ0v) is 15.5. The highest BCUT2D eigenvalue weighted by atomic mass is 16.3. The summed E-state index contributed by atoms with van der Waals surface area (Å²) in [5.74, 6) is 2.71. The van der Waals surface area contributed by atoms with Gasteiger partial charge in [-0.1, -0.05) is 13.8 Å². The van der Waals surface area contributed by atoms with E-state index < -0.39 is 0 Å². The number of hydrogen-bond donors (Lipinski definition) is 2. The van der Waals surface area contributed by atoms with Crippen molar-refractivity contribution in [2.75, 3.05) is 0 Å². The van der Waals surface area contributed by atoms with E-state index in [1.807, 2.05) is 0 Å². The molecule has 0 heterocycles. The van der Waals surface area contributed by atoms with E-state index >= 15 is 0 Å². The molecule has 4 fully saturated rings. The predicted molar refractivity (Wildman–Crippen MR) is 93.3 cm³/mol. The van der Waals surface area contributed by atoms with Crippen molar-refractivity contribution in [3.05, 3.63) is 0 Å². The summed E-state index contributed by atoms with van der Waals surface area (Å²) in [5.41, 5.74) is 0.335. The molecule has 0 amide bonds. The van der Waals surface area contributed by atoms with Crippen LogP contribution in [0.4, 0.5) is 0 Å². The van der Waals surface area contributed by atoms with Gasteiger partial charge in [0.1, 0.15) is 5.78 Å². The molecular formula is C21H34O3. The van der Waals surface area contributed by atoms with Gasteiger partial charge in [-0.15, -0.1) is 0 Å². The normalized spacial score (nSPS) is 57.0. The minimum atomic E-state index is -0.273. The fourth-order valence-electron chi connectivity index (χ4n) is 7.95. The number of rotatable bonds is 1. The van der Waals surface area contributed by atoms with E-state index in [4.69, 9.17) is 0 Å². The van der Waals surface area contributed by atoms with Crippen LogP contribution >= 0.6 is 0 Å². The summed E-state index contributed by atoms with van der Waals surface area (Å²) in [5, 5.41) is 21.0. The Kier molecular flexibility index (Phi) is 3.93. The third kappa shape index (κ3) is 2.19. The first-order chi connectivity index (χ1) is 11.3. The maximum absolute atomic E-state index is 12.2. The molecule has 3 heteroatoms. The third-order valence-electron chi connectivity index (χ3n) is 9.14. The molecule has 4 saturated carbocycles. The van der Waals surface area contributed by atoms with Crippen molar-refractivity contribution in [1.82, 2.24) is 0 Å². The van der Waals surface area contributed by atoms with Crippen LogP contribution < -0.4 is 0 Å². The Morgan fingerprint density at radius 1 is 0.875 bits per heavy atom. The first kappa shape index (κ1) is 17.0. The molecule has 0 aromatic rings. The summed E-state index contributed by atoms with van der Waals surface area (Å²) in [7, 11) is 0. The number of aliphatic hydroxyl groups is 2. The van der Waals surface area contributed by atoms with Crippen LogP contribution in [-0.2, 0) is 4.79 Å². The average Bonchev–Trinajstić information content (AvgIpc) is 2.87. The van der Waals surface area contributed by atoms with Gasteiger partial charge in [0.05, 0.1) is 12.2 Å². The van der Waals surface area contributed by atoms with Crippen LogP contribution in [-0.4, -0.2) is 28.2 Å². The molecule has 0 aliphatic heterocycles. The van der Waals surface area contributed by atoms with Gasteiger partial charge in [0.15, 0.2) is 0 Å². The number of carbonyl (C=O) groups is 1. The SMILES string of the molecule is CC(=O)[C@@H]1CC[C@@H]2[C@H]3C[C@H](O)[C@H]4C[C@@H](O)CC[C@]4(C)[C@@H]3CC[C@@]21C. The number of Topliss-reactive ketones (excluding diaryl/α,β-unsaturated/α-hetero) is 1. The van der Waals surface area contributed by atoms with Crippen molar-refractivity contribution in [2.24, 2.45) is 40.4 Å². The van der Waals surface area contributed by atoms with Gasteiger partial charge >= 0.3 is 0 Å². The molecule has 9 atom stereocenters. The fraction of sp³-hybridized carbons (Fsp3) is 0.952. The molecule has 0 spiro atoms. The lowest BCUT2D eigenvalue weighted by molar-refractivity contribution is -0.171. The smallest absolute Gasteiger partial charge is 0.133 e. The van der Waals surface area contributed by atoms with Crippen LogP contribution in [0.25, 0.3) is 0 Å². The topological polar surface area (TPSA) is 57.5 Å². The maximum Gasteiger partial charge on any atom is 0.133 e. The lowest BCUT2D eigenvalue weighted by Crippen LogP contribution is -2.58. The Balaban J connectivity index is 1.65. The highest BCUT2D eigenvalue weighted by Crippen LogP contribution is 2.67.